The maximum absolute atomic E-state index is 12.3. The van der Waals surface area contributed by atoms with Crippen LogP contribution in [0.4, 0.5) is 5.69 Å². The van der Waals surface area contributed by atoms with Gasteiger partial charge in [0.25, 0.3) is 5.91 Å². The second-order valence-corrected chi connectivity index (χ2v) is 5.31. The van der Waals surface area contributed by atoms with E-state index in [1.165, 1.54) is 0 Å². The van der Waals surface area contributed by atoms with Gasteiger partial charge < -0.3 is 10.1 Å². The Morgan fingerprint density at radius 2 is 1.61 bits per heavy atom. The molecule has 0 atom stereocenters. The van der Waals surface area contributed by atoms with Gasteiger partial charge in [0.2, 0.25) is 0 Å². The normalized spacial score (nSPS) is 10.1. The lowest BCUT2D eigenvalue weighted by Gasteiger charge is -2.12. The topological polar surface area (TPSA) is 38.3 Å². The lowest BCUT2D eigenvalue weighted by molar-refractivity contribution is 0.102. The summed E-state index contributed by atoms with van der Waals surface area (Å²) < 4.78 is 5.83. The van der Waals surface area contributed by atoms with E-state index in [9.17, 15) is 4.79 Å². The average molecular weight is 324 g/mol. The molecule has 4 heteroatoms. The Hall–Kier alpha value is -2.78. The van der Waals surface area contributed by atoms with E-state index in [0.29, 0.717) is 27.8 Å². The van der Waals surface area contributed by atoms with E-state index in [1.54, 1.807) is 36.4 Å². The van der Waals surface area contributed by atoms with Crippen LogP contribution in [0.2, 0.25) is 5.02 Å². The number of rotatable bonds is 4. The van der Waals surface area contributed by atoms with E-state index in [0.717, 1.165) is 0 Å². The number of nitrogens with one attached hydrogen (secondary N) is 1. The molecule has 23 heavy (non-hydrogen) atoms. The highest BCUT2D eigenvalue weighted by Gasteiger charge is 2.10. The van der Waals surface area contributed by atoms with E-state index in [2.05, 4.69) is 5.32 Å². The standard InChI is InChI=1S/C19H14ClNO2/c20-15-8-6-7-14(13-15)19(22)21-17-11-4-5-12-18(17)23-16-9-2-1-3-10-16/h1-13H,(H,21,22). The molecule has 3 aromatic rings. The number of ether oxygens (including phenoxy) is 1. The van der Waals surface area contributed by atoms with Gasteiger partial charge in [0.1, 0.15) is 5.75 Å². The molecule has 0 unspecified atom stereocenters. The van der Waals surface area contributed by atoms with Crippen molar-refractivity contribution in [2.75, 3.05) is 5.32 Å². The average Bonchev–Trinajstić information content (AvgIpc) is 2.57. The lowest BCUT2D eigenvalue weighted by Crippen LogP contribution is -2.12. The minimum absolute atomic E-state index is 0.239. The molecular formula is C19H14ClNO2. The zero-order valence-electron chi connectivity index (χ0n) is 12.2. The van der Waals surface area contributed by atoms with Crippen LogP contribution in [0.25, 0.3) is 0 Å². The van der Waals surface area contributed by atoms with E-state index in [1.807, 2.05) is 42.5 Å². The van der Waals surface area contributed by atoms with Crippen LogP contribution < -0.4 is 10.1 Å². The second-order valence-electron chi connectivity index (χ2n) is 4.88. The zero-order valence-corrected chi connectivity index (χ0v) is 13.0. The molecule has 0 fully saturated rings. The molecule has 0 aromatic heterocycles. The Kier molecular flexibility index (Phi) is 4.60. The van der Waals surface area contributed by atoms with Crippen LogP contribution in [0.1, 0.15) is 10.4 Å². The minimum atomic E-state index is -0.239. The van der Waals surface area contributed by atoms with Crippen molar-refractivity contribution in [2.45, 2.75) is 0 Å². The summed E-state index contributed by atoms with van der Waals surface area (Å²) in [6.45, 7) is 0. The van der Waals surface area contributed by atoms with Crippen molar-refractivity contribution in [3.8, 4) is 11.5 Å². The molecule has 3 nitrogen and oxygen atoms in total. The molecule has 0 bridgehead atoms. The van der Waals surface area contributed by atoms with Crippen molar-refractivity contribution in [3.05, 3.63) is 89.4 Å². The SMILES string of the molecule is O=C(Nc1ccccc1Oc1ccccc1)c1cccc(Cl)c1. The van der Waals surface area contributed by atoms with Crippen LogP contribution in [0.5, 0.6) is 11.5 Å². The number of amides is 1. The van der Waals surface area contributed by atoms with Gasteiger partial charge in [0.15, 0.2) is 5.75 Å². The van der Waals surface area contributed by atoms with Gasteiger partial charge in [-0.3, -0.25) is 4.79 Å². The highest BCUT2D eigenvalue weighted by atomic mass is 35.5. The van der Waals surface area contributed by atoms with Crippen molar-refractivity contribution in [1.82, 2.24) is 0 Å². The quantitative estimate of drug-likeness (QED) is 0.699. The maximum atomic E-state index is 12.3. The molecule has 0 spiro atoms. The fraction of sp³-hybridized carbons (Fsp3) is 0. The first kappa shape index (κ1) is 15.1. The molecule has 3 aromatic carbocycles. The molecule has 1 N–H and O–H groups in total. The number of benzene rings is 3. The zero-order chi connectivity index (χ0) is 16.1. The fourth-order valence-corrected chi connectivity index (χ4v) is 2.29. The van der Waals surface area contributed by atoms with Crippen molar-refractivity contribution in [2.24, 2.45) is 0 Å². The third kappa shape index (κ3) is 3.90. The molecular weight excluding hydrogens is 310 g/mol. The second kappa shape index (κ2) is 6.99. The van der Waals surface area contributed by atoms with Crippen molar-refractivity contribution >= 4 is 23.2 Å². The Labute approximate surface area is 139 Å². The van der Waals surface area contributed by atoms with Gasteiger partial charge in [0, 0.05) is 10.6 Å². The van der Waals surface area contributed by atoms with Gasteiger partial charge >= 0.3 is 0 Å². The number of hydrogen-bond donors (Lipinski definition) is 1. The summed E-state index contributed by atoms with van der Waals surface area (Å²) >= 11 is 5.93. The van der Waals surface area contributed by atoms with Gasteiger partial charge in [0.05, 0.1) is 5.69 Å². The van der Waals surface area contributed by atoms with Crippen LogP contribution in [-0.2, 0) is 0 Å². The third-order valence-electron chi connectivity index (χ3n) is 3.19. The number of carbonyl (C=O) groups is 1. The molecule has 0 aliphatic carbocycles. The fourth-order valence-electron chi connectivity index (χ4n) is 2.10. The largest absolute Gasteiger partial charge is 0.455 e. The predicted molar refractivity (Wildman–Crippen MR) is 92.4 cm³/mol. The predicted octanol–water partition coefficient (Wildman–Crippen LogP) is 5.38. The molecule has 0 saturated heterocycles. The lowest BCUT2D eigenvalue weighted by atomic mass is 10.2. The molecule has 3 rings (SSSR count). The van der Waals surface area contributed by atoms with Crippen LogP contribution >= 0.6 is 11.6 Å². The van der Waals surface area contributed by atoms with Crippen LogP contribution in [0.3, 0.4) is 0 Å². The monoisotopic (exact) mass is 323 g/mol. The molecule has 0 aliphatic heterocycles. The van der Waals surface area contributed by atoms with E-state index < -0.39 is 0 Å². The van der Waals surface area contributed by atoms with Crippen LogP contribution in [0, 0.1) is 0 Å². The Morgan fingerprint density at radius 3 is 2.39 bits per heavy atom. The van der Waals surface area contributed by atoms with Gasteiger partial charge in [-0.05, 0) is 42.5 Å². The molecule has 1 amide bonds. The number of hydrogen-bond acceptors (Lipinski definition) is 2. The third-order valence-corrected chi connectivity index (χ3v) is 3.43. The first-order valence-corrected chi connectivity index (χ1v) is 7.49. The van der Waals surface area contributed by atoms with Crippen molar-refractivity contribution in [3.63, 3.8) is 0 Å². The highest BCUT2D eigenvalue weighted by Crippen LogP contribution is 2.29. The summed E-state index contributed by atoms with van der Waals surface area (Å²) in [5.74, 6) is 1.04. The number of anilines is 1. The molecule has 114 valence electrons. The summed E-state index contributed by atoms with van der Waals surface area (Å²) in [6, 6.07) is 23.5. The first-order valence-electron chi connectivity index (χ1n) is 7.11. The summed E-state index contributed by atoms with van der Waals surface area (Å²) in [4.78, 5) is 12.3. The molecule has 0 heterocycles. The van der Waals surface area contributed by atoms with Gasteiger partial charge in [-0.1, -0.05) is 48.0 Å². The molecule has 0 radical (unpaired) electrons. The molecule has 0 saturated carbocycles. The Balaban J connectivity index is 1.82. The summed E-state index contributed by atoms with van der Waals surface area (Å²) in [6.07, 6.45) is 0. The summed E-state index contributed by atoms with van der Waals surface area (Å²) in [7, 11) is 0. The van der Waals surface area contributed by atoms with E-state index in [4.69, 9.17) is 16.3 Å². The van der Waals surface area contributed by atoms with Crippen LogP contribution in [-0.4, -0.2) is 5.91 Å². The number of carbonyl (C=O) groups excluding carboxylic acids is 1. The van der Waals surface area contributed by atoms with Crippen molar-refractivity contribution < 1.29 is 9.53 Å². The minimum Gasteiger partial charge on any atom is -0.455 e. The number of para-hydroxylation sites is 3. The van der Waals surface area contributed by atoms with E-state index >= 15 is 0 Å². The van der Waals surface area contributed by atoms with E-state index in [-0.39, 0.29) is 5.91 Å². The first-order chi connectivity index (χ1) is 11.2. The summed E-state index contributed by atoms with van der Waals surface area (Å²) in [5, 5.41) is 3.37. The van der Waals surface area contributed by atoms with Crippen molar-refractivity contribution in [1.29, 1.82) is 0 Å². The van der Waals surface area contributed by atoms with Crippen LogP contribution in [0.15, 0.2) is 78.9 Å². The smallest absolute Gasteiger partial charge is 0.255 e. The molecule has 0 aliphatic rings. The van der Waals surface area contributed by atoms with Gasteiger partial charge in [-0.2, -0.15) is 0 Å². The Bertz CT molecular complexity index is 818. The number of halogens is 1. The maximum Gasteiger partial charge on any atom is 0.255 e. The summed E-state index contributed by atoms with van der Waals surface area (Å²) in [5.41, 5.74) is 1.09. The Morgan fingerprint density at radius 1 is 0.870 bits per heavy atom. The van der Waals surface area contributed by atoms with Gasteiger partial charge in [-0.15, -0.1) is 0 Å². The highest BCUT2D eigenvalue weighted by molar-refractivity contribution is 6.31. The van der Waals surface area contributed by atoms with Gasteiger partial charge in [-0.25, -0.2) is 0 Å².